The summed E-state index contributed by atoms with van der Waals surface area (Å²) in [4.78, 5) is 25.3. The van der Waals surface area contributed by atoms with Gasteiger partial charge in [0.25, 0.3) is 5.56 Å². The first-order valence-corrected chi connectivity index (χ1v) is 10.7. The molecule has 0 saturated carbocycles. The zero-order valence-electron chi connectivity index (χ0n) is 16.9. The van der Waals surface area contributed by atoms with Gasteiger partial charge in [-0.1, -0.05) is 50.8 Å². The average molecular weight is 385 g/mol. The lowest BCUT2D eigenvalue weighted by atomic mass is 9.90. The van der Waals surface area contributed by atoms with Crippen molar-refractivity contribution in [1.29, 1.82) is 0 Å². The fourth-order valence-corrected chi connectivity index (χ4v) is 3.99. The van der Waals surface area contributed by atoms with Crippen molar-refractivity contribution in [3.05, 3.63) is 46.2 Å². The summed E-state index contributed by atoms with van der Waals surface area (Å²) in [5.41, 5.74) is 1.64. The van der Waals surface area contributed by atoms with Crippen molar-refractivity contribution in [2.24, 2.45) is 0 Å². The van der Waals surface area contributed by atoms with Crippen LogP contribution >= 0.6 is 0 Å². The number of carbonyl (C=O) groups excluding carboxylic acids is 1. The molecule has 0 spiro atoms. The Kier molecular flexibility index (Phi) is 7.66. The van der Waals surface area contributed by atoms with Crippen LogP contribution in [0.1, 0.15) is 69.8 Å². The molecule has 28 heavy (non-hydrogen) atoms. The number of hydrogen-bond donors (Lipinski definition) is 1. The third-order valence-corrected chi connectivity index (χ3v) is 5.65. The van der Waals surface area contributed by atoms with E-state index in [0.29, 0.717) is 6.42 Å². The van der Waals surface area contributed by atoms with E-state index >= 15 is 0 Å². The predicted molar refractivity (Wildman–Crippen MR) is 113 cm³/mol. The molecule has 2 aromatic rings. The summed E-state index contributed by atoms with van der Waals surface area (Å²) < 4.78 is 7.10. The fourth-order valence-electron chi connectivity index (χ4n) is 3.99. The maximum absolute atomic E-state index is 13.2. The lowest BCUT2D eigenvalue weighted by Gasteiger charge is -2.23. The fraction of sp³-hybridized carbons (Fsp3) is 0.565. The molecule has 1 aliphatic rings. The second-order valence-electron chi connectivity index (χ2n) is 7.73. The number of para-hydroxylation sites is 1. The summed E-state index contributed by atoms with van der Waals surface area (Å²) in [6, 6.07) is 9.86. The van der Waals surface area contributed by atoms with E-state index in [4.69, 9.17) is 4.74 Å². The molecule has 1 fully saturated rings. The molecule has 1 aliphatic heterocycles. The van der Waals surface area contributed by atoms with Crippen LogP contribution in [-0.2, 0) is 16.3 Å². The smallest absolute Gasteiger partial charge is 0.307 e. The normalized spacial score (nSPS) is 15.0. The minimum Gasteiger partial charge on any atom is -0.444 e. The van der Waals surface area contributed by atoms with Gasteiger partial charge in [-0.15, -0.1) is 0 Å². The molecule has 0 unspecified atom stereocenters. The van der Waals surface area contributed by atoms with Gasteiger partial charge in [0.15, 0.2) is 6.73 Å². The number of esters is 1. The minimum absolute atomic E-state index is 0.00799. The Hall–Kier alpha value is -2.14. The van der Waals surface area contributed by atoms with E-state index in [-0.39, 0.29) is 24.2 Å². The Labute approximate surface area is 167 Å². The Morgan fingerprint density at radius 1 is 1.14 bits per heavy atom. The van der Waals surface area contributed by atoms with E-state index in [1.807, 2.05) is 30.3 Å². The van der Waals surface area contributed by atoms with Crippen LogP contribution in [0.2, 0.25) is 0 Å². The van der Waals surface area contributed by atoms with Gasteiger partial charge in [0.2, 0.25) is 0 Å². The highest BCUT2D eigenvalue weighted by atomic mass is 16.5. The van der Waals surface area contributed by atoms with Crippen molar-refractivity contribution in [3.63, 3.8) is 0 Å². The molecule has 2 heterocycles. The Bertz CT molecular complexity index is 837. The van der Waals surface area contributed by atoms with Crippen molar-refractivity contribution >= 4 is 16.9 Å². The van der Waals surface area contributed by atoms with Gasteiger partial charge >= 0.3 is 5.97 Å². The summed E-state index contributed by atoms with van der Waals surface area (Å²) in [5, 5.41) is 4.37. The highest BCUT2D eigenvalue weighted by Crippen LogP contribution is 2.25. The number of unbranched alkanes of at least 4 members (excludes halogenated alkanes) is 4. The molecular formula is C23H32N2O3. The average Bonchev–Trinajstić information content (AvgIpc) is 2.73. The van der Waals surface area contributed by atoms with Gasteiger partial charge in [-0.2, -0.15) is 0 Å². The first-order chi connectivity index (χ1) is 13.7. The number of hydrogen-bond acceptors (Lipinski definition) is 4. The molecular weight excluding hydrogens is 352 g/mol. The van der Waals surface area contributed by atoms with Crippen LogP contribution in [0.25, 0.3) is 10.9 Å². The highest BCUT2D eigenvalue weighted by molar-refractivity contribution is 5.79. The molecule has 1 aromatic carbocycles. The molecule has 5 heteroatoms. The lowest BCUT2D eigenvalue weighted by Crippen LogP contribution is -2.32. The highest BCUT2D eigenvalue weighted by Gasteiger charge is 2.21. The van der Waals surface area contributed by atoms with Crippen LogP contribution in [0, 0.1) is 0 Å². The molecule has 0 radical (unpaired) electrons. The molecule has 1 saturated heterocycles. The number of nitrogens with zero attached hydrogens (tertiary/aromatic N) is 1. The standard InChI is InChI=1S/C23H32N2O3/c1-2-3-4-5-6-11-22(26)28-17-25-21-10-8-7-9-19(21)16-20(23(25)27)18-12-14-24-15-13-18/h7-10,16,18,24H,2-6,11-15,17H2,1H3. The number of fused-ring (bicyclic) bond motifs is 1. The lowest BCUT2D eigenvalue weighted by molar-refractivity contribution is -0.147. The molecule has 3 rings (SSSR count). The summed E-state index contributed by atoms with van der Waals surface area (Å²) in [6.45, 7) is 4.04. The monoisotopic (exact) mass is 384 g/mol. The zero-order chi connectivity index (χ0) is 19.8. The molecule has 5 nitrogen and oxygen atoms in total. The van der Waals surface area contributed by atoms with Crippen LogP contribution < -0.4 is 10.9 Å². The number of carbonyl (C=O) groups is 1. The Morgan fingerprint density at radius 3 is 2.68 bits per heavy atom. The second-order valence-corrected chi connectivity index (χ2v) is 7.73. The van der Waals surface area contributed by atoms with Crippen LogP contribution in [0.15, 0.2) is 35.1 Å². The first-order valence-electron chi connectivity index (χ1n) is 10.7. The first kappa shape index (κ1) is 20.6. The third-order valence-electron chi connectivity index (χ3n) is 5.65. The van der Waals surface area contributed by atoms with Gasteiger partial charge in [0.05, 0.1) is 5.52 Å². The van der Waals surface area contributed by atoms with Crippen LogP contribution in [0.4, 0.5) is 0 Å². The predicted octanol–water partition coefficient (Wildman–Crippen LogP) is 4.33. The minimum atomic E-state index is -0.222. The summed E-state index contributed by atoms with van der Waals surface area (Å²) in [6.07, 6.45) is 7.81. The Morgan fingerprint density at radius 2 is 1.89 bits per heavy atom. The van der Waals surface area contributed by atoms with Gasteiger partial charge in [0, 0.05) is 12.0 Å². The molecule has 0 amide bonds. The third kappa shape index (κ3) is 5.22. The molecule has 152 valence electrons. The number of nitrogens with one attached hydrogen (secondary N) is 1. The maximum Gasteiger partial charge on any atom is 0.307 e. The van der Waals surface area contributed by atoms with E-state index in [1.54, 1.807) is 4.57 Å². The van der Waals surface area contributed by atoms with Crippen molar-refractivity contribution in [3.8, 4) is 0 Å². The maximum atomic E-state index is 13.2. The van der Waals surface area contributed by atoms with Gasteiger partial charge in [-0.05, 0) is 55.8 Å². The number of ether oxygens (including phenoxy) is 1. The van der Waals surface area contributed by atoms with Gasteiger partial charge in [0.1, 0.15) is 0 Å². The number of rotatable bonds is 9. The molecule has 1 N–H and O–H groups in total. The zero-order valence-corrected chi connectivity index (χ0v) is 16.9. The van der Waals surface area contributed by atoms with Crippen molar-refractivity contribution < 1.29 is 9.53 Å². The van der Waals surface area contributed by atoms with E-state index in [1.165, 1.54) is 12.8 Å². The SMILES string of the molecule is CCCCCCCC(=O)OCn1c(=O)c(C2CCNCC2)cc2ccccc21. The van der Waals surface area contributed by atoms with Crippen LogP contribution in [0.3, 0.4) is 0 Å². The van der Waals surface area contributed by atoms with E-state index in [2.05, 4.69) is 12.2 Å². The number of pyridine rings is 1. The number of piperidine rings is 1. The van der Waals surface area contributed by atoms with Crippen molar-refractivity contribution in [2.75, 3.05) is 13.1 Å². The summed E-state index contributed by atoms with van der Waals surface area (Å²) >= 11 is 0. The van der Waals surface area contributed by atoms with Crippen molar-refractivity contribution in [1.82, 2.24) is 9.88 Å². The molecule has 0 aliphatic carbocycles. The van der Waals surface area contributed by atoms with Gasteiger partial charge in [-0.3, -0.25) is 14.2 Å². The number of benzene rings is 1. The van der Waals surface area contributed by atoms with E-state index in [0.717, 1.165) is 61.7 Å². The largest absolute Gasteiger partial charge is 0.444 e. The van der Waals surface area contributed by atoms with Gasteiger partial charge < -0.3 is 10.1 Å². The van der Waals surface area contributed by atoms with E-state index < -0.39 is 0 Å². The van der Waals surface area contributed by atoms with Crippen LogP contribution in [-0.4, -0.2) is 23.6 Å². The molecule has 0 atom stereocenters. The number of aromatic nitrogens is 1. The summed E-state index contributed by atoms with van der Waals surface area (Å²) in [5.74, 6) is 0.0404. The van der Waals surface area contributed by atoms with Gasteiger partial charge in [-0.25, -0.2) is 0 Å². The Balaban J connectivity index is 1.73. The van der Waals surface area contributed by atoms with Crippen LogP contribution in [0.5, 0.6) is 0 Å². The topological polar surface area (TPSA) is 60.3 Å². The quantitative estimate of drug-likeness (QED) is 0.516. The van der Waals surface area contributed by atoms with E-state index in [9.17, 15) is 9.59 Å². The summed E-state index contributed by atoms with van der Waals surface area (Å²) in [7, 11) is 0. The van der Waals surface area contributed by atoms with Crippen molar-refractivity contribution in [2.45, 2.75) is 70.9 Å². The molecule has 0 bridgehead atoms. The molecule has 1 aromatic heterocycles. The second kappa shape index (κ2) is 10.4.